The summed E-state index contributed by atoms with van der Waals surface area (Å²) in [6, 6.07) is 56.0. The third kappa shape index (κ3) is 3.01. The van der Waals surface area contributed by atoms with Crippen molar-refractivity contribution in [3.63, 3.8) is 0 Å². The van der Waals surface area contributed by atoms with Gasteiger partial charge in [-0.15, -0.1) is 0 Å². The molecule has 0 saturated heterocycles. The lowest BCUT2D eigenvalue weighted by molar-refractivity contribution is 1.19. The van der Waals surface area contributed by atoms with Gasteiger partial charge in [-0.1, -0.05) is 133 Å². The molecule has 1 heteroatoms. The molecule has 0 aliphatic carbocycles. The molecule has 10 aromatic rings. The van der Waals surface area contributed by atoms with Crippen molar-refractivity contribution >= 4 is 86.4 Å². The summed E-state index contributed by atoms with van der Waals surface area (Å²) in [5.41, 5.74) is 3.68. The summed E-state index contributed by atoms with van der Waals surface area (Å²) < 4.78 is 2.50. The minimum absolute atomic E-state index is 1.18. The number of hydrogen-bond donors (Lipinski definition) is 0. The second-order valence-corrected chi connectivity index (χ2v) is 11.7. The monoisotopic (exact) mass is 543 g/mol. The Kier molecular flexibility index (Phi) is 4.51. The van der Waals surface area contributed by atoms with Crippen LogP contribution >= 0.6 is 0 Å². The van der Waals surface area contributed by atoms with Gasteiger partial charge in [0.05, 0.1) is 11.0 Å². The van der Waals surface area contributed by atoms with Gasteiger partial charge in [0.2, 0.25) is 0 Å². The van der Waals surface area contributed by atoms with Crippen LogP contribution in [0.4, 0.5) is 0 Å². The molecule has 1 heterocycles. The smallest absolute Gasteiger partial charge is 0.0625 e. The molecule has 0 atom stereocenters. The van der Waals surface area contributed by atoms with E-state index in [0.29, 0.717) is 0 Å². The maximum atomic E-state index is 2.50. The fourth-order valence-electron chi connectivity index (χ4n) is 7.75. The van der Waals surface area contributed by atoms with Crippen molar-refractivity contribution in [1.29, 1.82) is 0 Å². The van der Waals surface area contributed by atoms with Crippen LogP contribution in [0.1, 0.15) is 0 Å². The van der Waals surface area contributed by atoms with Crippen molar-refractivity contribution in [3.05, 3.63) is 152 Å². The molecule has 10 rings (SSSR count). The van der Waals surface area contributed by atoms with Crippen molar-refractivity contribution in [3.8, 4) is 5.69 Å². The quantitative estimate of drug-likeness (QED) is 0.181. The molecular formula is C42H25N. The van der Waals surface area contributed by atoms with Crippen LogP contribution in [0.5, 0.6) is 0 Å². The summed E-state index contributed by atoms with van der Waals surface area (Å²) in [5, 5.41) is 18.2. The number of hydrogen-bond acceptors (Lipinski definition) is 0. The summed E-state index contributed by atoms with van der Waals surface area (Å²) in [6.45, 7) is 0. The second kappa shape index (κ2) is 8.44. The number of aromatic nitrogens is 1. The zero-order valence-electron chi connectivity index (χ0n) is 23.4. The van der Waals surface area contributed by atoms with Crippen LogP contribution in [-0.2, 0) is 0 Å². The lowest BCUT2D eigenvalue weighted by Gasteiger charge is -2.15. The lowest BCUT2D eigenvalue weighted by Crippen LogP contribution is -1.95. The molecule has 198 valence electrons. The molecule has 0 aliphatic heterocycles. The van der Waals surface area contributed by atoms with E-state index in [0.717, 1.165) is 0 Å². The van der Waals surface area contributed by atoms with Crippen LogP contribution < -0.4 is 0 Å². The molecule has 0 unspecified atom stereocenters. The van der Waals surface area contributed by atoms with E-state index < -0.39 is 0 Å². The van der Waals surface area contributed by atoms with Gasteiger partial charge in [-0.25, -0.2) is 0 Å². The Bertz CT molecular complexity index is 2740. The zero-order chi connectivity index (χ0) is 28.1. The van der Waals surface area contributed by atoms with Crippen LogP contribution in [0.2, 0.25) is 0 Å². The van der Waals surface area contributed by atoms with Crippen molar-refractivity contribution < 1.29 is 0 Å². The van der Waals surface area contributed by atoms with Crippen LogP contribution in [0.15, 0.2) is 152 Å². The third-order valence-corrected chi connectivity index (χ3v) is 9.51. The lowest BCUT2D eigenvalue weighted by atomic mass is 9.92. The average molecular weight is 544 g/mol. The van der Waals surface area contributed by atoms with Gasteiger partial charge in [0.15, 0.2) is 0 Å². The topological polar surface area (TPSA) is 4.93 Å². The number of nitrogens with zero attached hydrogens (tertiary/aromatic N) is 1. The molecule has 1 nitrogen and oxygen atoms in total. The molecule has 0 spiro atoms. The fraction of sp³-hybridized carbons (Fsp3) is 0. The van der Waals surface area contributed by atoms with E-state index in [1.54, 1.807) is 0 Å². The highest BCUT2D eigenvalue weighted by molar-refractivity contribution is 6.36. The SMILES string of the molecule is c1ccc2c(c1)ccc1c2c2ccccc2c2c1c1ccccc1n2-c1ccc2c3ccccc3c3ccccc3c2c1. The highest BCUT2D eigenvalue weighted by Crippen LogP contribution is 2.45. The number of para-hydroxylation sites is 1. The van der Waals surface area contributed by atoms with Gasteiger partial charge < -0.3 is 4.57 Å². The zero-order valence-corrected chi connectivity index (χ0v) is 23.4. The number of benzene rings is 9. The molecule has 0 N–H and O–H groups in total. The second-order valence-electron chi connectivity index (χ2n) is 11.7. The molecular weight excluding hydrogens is 518 g/mol. The maximum absolute atomic E-state index is 2.50. The van der Waals surface area contributed by atoms with E-state index in [1.807, 2.05) is 0 Å². The van der Waals surface area contributed by atoms with Crippen molar-refractivity contribution in [2.45, 2.75) is 0 Å². The van der Waals surface area contributed by atoms with Crippen LogP contribution in [0, 0.1) is 0 Å². The highest BCUT2D eigenvalue weighted by Gasteiger charge is 2.20. The highest BCUT2D eigenvalue weighted by atomic mass is 15.0. The first-order chi connectivity index (χ1) is 21.4. The van der Waals surface area contributed by atoms with E-state index in [2.05, 4.69) is 156 Å². The summed E-state index contributed by atoms with van der Waals surface area (Å²) >= 11 is 0. The van der Waals surface area contributed by atoms with E-state index in [-0.39, 0.29) is 0 Å². The first-order valence-corrected chi connectivity index (χ1v) is 15.0. The van der Waals surface area contributed by atoms with Gasteiger partial charge in [0, 0.05) is 21.8 Å². The van der Waals surface area contributed by atoms with E-state index in [1.165, 1.54) is 92.1 Å². The molecule has 0 saturated carbocycles. The normalized spacial score (nSPS) is 12.2. The molecule has 0 fully saturated rings. The first-order valence-electron chi connectivity index (χ1n) is 15.0. The Morgan fingerprint density at radius 2 is 0.814 bits per heavy atom. The van der Waals surface area contributed by atoms with Gasteiger partial charge in [-0.2, -0.15) is 0 Å². The Balaban J connectivity index is 1.43. The summed E-state index contributed by atoms with van der Waals surface area (Å²) in [7, 11) is 0. The van der Waals surface area contributed by atoms with Crippen molar-refractivity contribution in [2.24, 2.45) is 0 Å². The maximum Gasteiger partial charge on any atom is 0.0625 e. The number of fused-ring (bicyclic) bond motifs is 16. The molecule has 0 bridgehead atoms. The molecule has 0 aliphatic rings. The molecule has 0 radical (unpaired) electrons. The fourth-order valence-corrected chi connectivity index (χ4v) is 7.75. The predicted octanol–water partition coefficient (Wildman–Crippen LogP) is 11.7. The third-order valence-electron chi connectivity index (χ3n) is 9.51. The van der Waals surface area contributed by atoms with Gasteiger partial charge in [0.1, 0.15) is 0 Å². The first kappa shape index (κ1) is 23.0. The Morgan fingerprint density at radius 1 is 0.302 bits per heavy atom. The van der Waals surface area contributed by atoms with Crippen molar-refractivity contribution in [2.75, 3.05) is 0 Å². The van der Waals surface area contributed by atoms with Crippen LogP contribution in [0.25, 0.3) is 92.1 Å². The minimum atomic E-state index is 1.18. The van der Waals surface area contributed by atoms with E-state index >= 15 is 0 Å². The molecule has 0 amide bonds. The number of rotatable bonds is 1. The Labute approximate surface area is 247 Å². The van der Waals surface area contributed by atoms with E-state index in [9.17, 15) is 0 Å². The predicted molar refractivity (Wildman–Crippen MR) is 186 cm³/mol. The molecule has 9 aromatic carbocycles. The van der Waals surface area contributed by atoms with Gasteiger partial charge in [0.25, 0.3) is 0 Å². The molecule has 1 aromatic heterocycles. The summed E-state index contributed by atoms with van der Waals surface area (Å²) in [4.78, 5) is 0. The van der Waals surface area contributed by atoms with Crippen LogP contribution in [-0.4, -0.2) is 4.57 Å². The van der Waals surface area contributed by atoms with Crippen LogP contribution in [0.3, 0.4) is 0 Å². The van der Waals surface area contributed by atoms with Gasteiger partial charge in [-0.3, -0.25) is 0 Å². The largest absolute Gasteiger partial charge is 0.309 e. The average Bonchev–Trinajstić information content (AvgIpc) is 3.44. The summed E-state index contributed by atoms with van der Waals surface area (Å²) in [6.07, 6.45) is 0. The van der Waals surface area contributed by atoms with Gasteiger partial charge in [-0.05, 0) is 77.4 Å². The standard InChI is InChI=1S/C42H25N/c1-2-12-28-26(11-1)21-23-37-40(28)34-17-7-8-18-35(34)42-41(37)36-19-9-10-20-39(36)43(42)27-22-24-33-31-15-4-3-13-29(31)30-14-5-6-16-32(30)38(33)25-27/h1-25H. The minimum Gasteiger partial charge on any atom is -0.309 e. The van der Waals surface area contributed by atoms with Crippen molar-refractivity contribution in [1.82, 2.24) is 4.57 Å². The summed E-state index contributed by atoms with van der Waals surface area (Å²) in [5.74, 6) is 0. The Hall–Kier alpha value is -5.66. The van der Waals surface area contributed by atoms with Gasteiger partial charge >= 0.3 is 0 Å². The molecule has 43 heavy (non-hydrogen) atoms. The van der Waals surface area contributed by atoms with E-state index in [4.69, 9.17) is 0 Å². The Morgan fingerprint density at radius 3 is 1.53 bits per heavy atom.